The van der Waals surface area contributed by atoms with Gasteiger partial charge in [-0.3, -0.25) is 19.6 Å². The number of amides is 2. The molecule has 2 aromatic carbocycles. The maximum atomic E-state index is 14.2. The Balaban J connectivity index is 1.54. The zero-order chi connectivity index (χ0) is 32.2. The van der Waals surface area contributed by atoms with E-state index in [0.29, 0.717) is 43.8 Å². The molecule has 232 valence electrons. The van der Waals surface area contributed by atoms with Crippen molar-refractivity contribution < 1.29 is 45.4 Å². The van der Waals surface area contributed by atoms with E-state index in [9.17, 15) is 45.4 Å². The molecule has 2 aliphatic heterocycles. The molecule has 3 heterocycles. The van der Waals surface area contributed by atoms with Crippen LogP contribution in [-0.4, -0.2) is 44.0 Å². The predicted octanol–water partition coefficient (Wildman–Crippen LogP) is 7.14. The molecule has 2 amide bonds. The van der Waals surface area contributed by atoms with Gasteiger partial charge in [0.05, 0.1) is 22.7 Å². The number of rotatable bonds is 5. The smallest absolute Gasteiger partial charge is 0.433 e. The van der Waals surface area contributed by atoms with Gasteiger partial charge >= 0.3 is 12.4 Å². The van der Waals surface area contributed by atoms with Crippen LogP contribution in [0.4, 0.5) is 36.4 Å². The van der Waals surface area contributed by atoms with Gasteiger partial charge in [0.25, 0.3) is 11.8 Å². The number of hydrogen-bond acceptors (Lipinski definition) is 5. The van der Waals surface area contributed by atoms with Crippen LogP contribution in [0.15, 0.2) is 66.1 Å². The first-order chi connectivity index (χ1) is 20.5. The first-order valence-corrected chi connectivity index (χ1v) is 13.4. The van der Waals surface area contributed by atoms with Crippen molar-refractivity contribution in [3.63, 3.8) is 0 Å². The van der Waals surface area contributed by atoms with E-state index in [-0.39, 0.29) is 33.9 Å². The highest BCUT2D eigenvalue weighted by Crippen LogP contribution is 2.43. The number of hydrazine groups is 1. The molecule has 44 heavy (non-hydrogen) atoms. The van der Waals surface area contributed by atoms with Crippen molar-refractivity contribution >= 4 is 29.1 Å². The van der Waals surface area contributed by atoms with Gasteiger partial charge in [-0.25, -0.2) is 9.40 Å². The molecule has 0 spiro atoms. The normalized spacial score (nSPS) is 19.4. The van der Waals surface area contributed by atoms with Gasteiger partial charge in [-0.1, -0.05) is 29.8 Å². The van der Waals surface area contributed by atoms with Crippen LogP contribution in [0.25, 0.3) is 11.1 Å². The van der Waals surface area contributed by atoms with E-state index in [1.807, 2.05) is 0 Å². The van der Waals surface area contributed by atoms with Crippen molar-refractivity contribution in [1.82, 2.24) is 15.0 Å². The molecule has 2 aliphatic rings. The van der Waals surface area contributed by atoms with E-state index in [4.69, 9.17) is 11.6 Å². The second-order valence-electron chi connectivity index (χ2n) is 10.4. The molecule has 0 aliphatic carbocycles. The molecular formula is C29H22ClF7N4O3. The Morgan fingerprint density at radius 1 is 1.09 bits per heavy atom. The zero-order valence-corrected chi connectivity index (χ0v) is 23.4. The van der Waals surface area contributed by atoms with Gasteiger partial charge in [-0.15, -0.1) is 0 Å². The Bertz CT molecular complexity index is 1670. The molecule has 0 radical (unpaired) electrons. The van der Waals surface area contributed by atoms with Crippen LogP contribution in [0.5, 0.6) is 0 Å². The lowest BCUT2D eigenvalue weighted by molar-refractivity contribution is -0.160. The van der Waals surface area contributed by atoms with E-state index in [0.717, 1.165) is 23.2 Å². The lowest BCUT2D eigenvalue weighted by Gasteiger charge is -2.46. The van der Waals surface area contributed by atoms with Crippen LogP contribution in [0.2, 0.25) is 5.02 Å². The van der Waals surface area contributed by atoms with Crippen molar-refractivity contribution in [1.29, 1.82) is 0 Å². The number of benzene rings is 2. The summed E-state index contributed by atoms with van der Waals surface area (Å²) in [6.45, 7) is 1.63. The van der Waals surface area contributed by atoms with Crippen molar-refractivity contribution in [2.45, 2.75) is 44.2 Å². The number of carbonyl (C=O) groups is 2. The molecule has 7 nitrogen and oxygen atoms in total. The Labute approximate surface area is 250 Å². The Morgan fingerprint density at radius 2 is 1.82 bits per heavy atom. The average Bonchev–Trinajstić information content (AvgIpc) is 3.35. The molecule has 2 N–H and O–H groups in total. The summed E-state index contributed by atoms with van der Waals surface area (Å²) >= 11 is 6.11. The summed E-state index contributed by atoms with van der Waals surface area (Å²) in [5.74, 6) is -3.48. The number of aliphatic hydroxyl groups excluding tert-OH is 1. The summed E-state index contributed by atoms with van der Waals surface area (Å²) in [5.41, 5.74) is -5.00. The summed E-state index contributed by atoms with van der Waals surface area (Å²) < 4.78 is 93.9. The highest BCUT2D eigenvalue weighted by molar-refractivity contribution is 6.31. The summed E-state index contributed by atoms with van der Waals surface area (Å²) in [6, 6.07) is 7.61. The van der Waals surface area contributed by atoms with E-state index in [1.54, 1.807) is 11.9 Å². The first kappa shape index (κ1) is 31.3. The van der Waals surface area contributed by atoms with Crippen LogP contribution in [0.3, 0.4) is 0 Å². The number of nitrogens with zero attached hydrogens (tertiary/aromatic N) is 3. The zero-order valence-electron chi connectivity index (χ0n) is 22.7. The molecule has 5 rings (SSSR count). The first-order valence-electron chi connectivity index (χ1n) is 13.0. The number of carbonyl (C=O) groups excluding carboxylic acids is 2. The monoisotopic (exact) mass is 642 g/mol. The standard InChI is InChI=1S/C29H22ClF7N4O3/c1-27-10-3-11-41(27)40(14-16-4-2-5-19(31)23(16)30)26(44)22(24(27)42)25(43)39-20-8-7-17(28(32,33)34)12-18(20)15-6-9-21(38-13-15)29(35,36)37/h2,4-9,12-13,42H,3,10-11,14H2,1H3,(H,39,43)/t27-/m1/s1. The van der Waals surface area contributed by atoms with Crippen LogP contribution in [0.1, 0.15) is 36.6 Å². The van der Waals surface area contributed by atoms with Crippen molar-refractivity contribution in [3.05, 3.63) is 93.7 Å². The van der Waals surface area contributed by atoms with E-state index < -0.39 is 58.1 Å². The van der Waals surface area contributed by atoms with Gasteiger partial charge < -0.3 is 10.4 Å². The number of aliphatic hydroxyl groups is 1. The summed E-state index contributed by atoms with van der Waals surface area (Å²) in [4.78, 5) is 30.6. The van der Waals surface area contributed by atoms with Crippen LogP contribution in [0, 0.1) is 5.82 Å². The second-order valence-corrected chi connectivity index (χ2v) is 10.8. The van der Waals surface area contributed by atoms with E-state index in [1.165, 1.54) is 12.1 Å². The molecule has 15 heteroatoms. The van der Waals surface area contributed by atoms with E-state index >= 15 is 0 Å². The largest absolute Gasteiger partial charge is 0.509 e. The van der Waals surface area contributed by atoms with Crippen LogP contribution in [-0.2, 0) is 28.5 Å². The third-order valence-electron chi connectivity index (χ3n) is 7.63. The van der Waals surface area contributed by atoms with Gasteiger partial charge in [-0.2, -0.15) is 26.3 Å². The third-order valence-corrected chi connectivity index (χ3v) is 8.05. The second kappa shape index (κ2) is 11.1. The predicted molar refractivity (Wildman–Crippen MR) is 144 cm³/mol. The maximum Gasteiger partial charge on any atom is 0.433 e. The molecule has 1 fully saturated rings. The summed E-state index contributed by atoms with van der Waals surface area (Å²) in [7, 11) is 0. The fourth-order valence-electron chi connectivity index (χ4n) is 5.35. The quantitative estimate of drug-likeness (QED) is 0.228. The van der Waals surface area contributed by atoms with Crippen LogP contribution >= 0.6 is 11.6 Å². The van der Waals surface area contributed by atoms with Gasteiger partial charge in [0.1, 0.15) is 22.8 Å². The van der Waals surface area contributed by atoms with Crippen molar-refractivity contribution in [2.24, 2.45) is 0 Å². The average molecular weight is 643 g/mol. The molecule has 0 saturated carbocycles. The Morgan fingerprint density at radius 3 is 2.45 bits per heavy atom. The number of nitrogens with one attached hydrogen (secondary N) is 1. The summed E-state index contributed by atoms with van der Waals surface area (Å²) in [5, 5.41) is 16.0. The molecule has 1 aromatic heterocycles. The minimum atomic E-state index is -4.84. The lowest BCUT2D eigenvalue weighted by Crippen LogP contribution is -2.60. The minimum absolute atomic E-state index is 0.191. The number of fused-ring (bicyclic) bond motifs is 1. The number of aromatic nitrogens is 1. The minimum Gasteiger partial charge on any atom is -0.509 e. The van der Waals surface area contributed by atoms with Gasteiger partial charge in [-0.05, 0) is 55.7 Å². The SMILES string of the molecule is C[C@]12CCCN1N(Cc1cccc(F)c1Cl)C(=O)C(C(=O)Nc1ccc(C(F)(F)F)cc1-c1ccc(C(F)(F)F)nc1)=C2O. The van der Waals surface area contributed by atoms with Crippen molar-refractivity contribution in [3.8, 4) is 11.1 Å². The molecule has 0 bridgehead atoms. The van der Waals surface area contributed by atoms with Gasteiger partial charge in [0.15, 0.2) is 0 Å². The number of pyridine rings is 1. The fraction of sp³-hybridized carbons (Fsp3) is 0.276. The number of halogens is 8. The van der Waals surface area contributed by atoms with Gasteiger partial charge in [0, 0.05) is 29.6 Å². The molecule has 0 unspecified atom stereocenters. The highest BCUT2D eigenvalue weighted by atomic mass is 35.5. The third kappa shape index (κ3) is 5.59. The molecule has 3 aromatic rings. The molecule has 1 atom stereocenters. The molecule has 1 saturated heterocycles. The van der Waals surface area contributed by atoms with Crippen LogP contribution < -0.4 is 5.32 Å². The molecular weight excluding hydrogens is 621 g/mol. The Hall–Kier alpha value is -4.17. The number of hydrogen-bond donors (Lipinski definition) is 2. The highest BCUT2D eigenvalue weighted by Gasteiger charge is 2.52. The summed E-state index contributed by atoms with van der Waals surface area (Å²) in [6.07, 6.45) is -8.10. The Kier molecular flexibility index (Phi) is 7.87. The van der Waals surface area contributed by atoms with E-state index in [2.05, 4.69) is 10.3 Å². The lowest BCUT2D eigenvalue weighted by atomic mass is 9.90. The fourth-order valence-corrected chi connectivity index (χ4v) is 5.54. The van der Waals surface area contributed by atoms with Crippen molar-refractivity contribution in [2.75, 3.05) is 11.9 Å². The number of alkyl halides is 6. The maximum absolute atomic E-state index is 14.2. The van der Waals surface area contributed by atoms with Gasteiger partial charge in [0.2, 0.25) is 0 Å². The topological polar surface area (TPSA) is 85.8 Å². The number of anilines is 1.